The molecule has 12 heteroatoms. The Morgan fingerprint density at radius 3 is 2.52 bits per heavy atom. The summed E-state index contributed by atoms with van der Waals surface area (Å²) >= 11 is 6.88. The van der Waals surface area contributed by atoms with Crippen molar-refractivity contribution >= 4 is 17.2 Å². The van der Waals surface area contributed by atoms with E-state index in [0.717, 1.165) is 37.1 Å². The van der Waals surface area contributed by atoms with E-state index in [1.54, 1.807) is 24.4 Å². The second-order valence-electron chi connectivity index (χ2n) is 14.0. The van der Waals surface area contributed by atoms with Crippen molar-refractivity contribution in [2.24, 2.45) is 5.41 Å². The Kier molecular flexibility index (Phi) is 13.5. The number of allylic oxidation sites excluding steroid dienone is 2. The molecule has 3 aromatic rings. The number of halogens is 1. The van der Waals surface area contributed by atoms with Gasteiger partial charge in [-0.2, -0.15) is 5.26 Å². The van der Waals surface area contributed by atoms with Gasteiger partial charge in [-0.25, -0.2) is 0 Å². The van der Waals surface area contributed by atoms with Crippen molar-refractivity contribution in [1.82, 2.24) is 15.2 Å². The zero-order valence-electron chi connectivity index (χ0n) is 29.8. The van der Waals surface area contributed by atoms with Gasteiger partial charge in [0.05, 0.1) is 42.0 Å². The van der Waals surface area contributed by atoms with Crippen LogP contribution in [0.5, 0.6) is 11.5 Å². The predicted octanol–water partition coefficient (Wildman–Crippen LogP) is 4.26. The molecule has 1 saturated heterocycles. The molecule has 5 rings (SSSR count). The van der Waals surface area contributed by atoms with Crippen LogP contribution in [0.3, 0.4) is 0 Å². The number of pyridine rings is 1. The van der Waals surface area contributed by atoms with Crippen LogP contribution in [0.15, 0.2) is 79.2 Å². The number of aliphatic hydroxyl groups excluding tert-OH is 4. The summed E-state index contributed by atoms with van der Waals surface area (Å²) in [6, 6.07) is 17.4. The maximum Gasteiger partial charge on any atom is 0.141 e. The number of likely N-dealkylation sites (tertiary alicyclic amines) is 1. The molecule has 1 aliphatic carbocycles. The number of benzene rings is 2. The number of aromatic nitrogens is 1. The van der Waals surface area contributed by atoms with Gasteiger partial charge in [-0.3, -0.25) is 4.98 Å². The third kappa shape index (κ3) is 9.20. The number of aliphatic hydroxyl groups is 4. The number of hydrogen-bond donors (Lipinski definition) is 5. The summed E-state index contributed by atoms with van der Waals surface area (Å²) in [6.07, 6.45) is 10.6. The Bertz CT molecular complexity index is 1730. The van der Waals surface area contributed by atoms with Crippen LogP contribution < -0.4 is 14.8 Å². The van der Waals surface area contributed by atoms with E-state index in [1.165, 1.54) is 6.20 Å². The fourth-order valence-electron chi connectivity index (χ4n) is 6.61. The van der Waals surface area contributed by atoms with Crippen LogP contribution in [0, 0.1) is 16.7 Å². The minimum atomic E-state index is -1.33. The van der Waals surface area contributed by atoms with Crippen LogP contribution in [0.1, 0.15) is 48.9 Å². The van der Waals surface area contributed by atoms with Gasteiger partial charge in [0.25, 0.3) is 0 Å². The number of nitriles is 1. The van der Waals surface area contributed by atoms with Crippen LogP contribution >= 0.6 is 11.6 Å². The summed E-state index contributed by atoms with van der Waals surface area (Å²) in [5.74, 6) is 0.763. The topological polar surface area (TPSA) is 161 Å². The fraction of sp³-hybridized carbons (Fsp3) is 0.450. The first-order valence-electron chi connectivity index (χ1n) is 17.6. The summed E-state index contributed by atoms with van der Waals surface area (Å²) < 4.78 is 19.7. The first kappa shape index (κ1) is 39.4. The minimum Gasteiger partial charge on any atom is -0.488 e. The highest BCUT2D eigenvalue weighted by molar-refractivity contribution is 6.32. The molecule has 5 N–H and O–H groups in total. The molecular weight excluding hydrogens is 684 g/mol. The lowest BCUT2D eigenvalue weighted by Crippen LogP contribution is -2.54. The lowest BCUT2D eigenvalue weighted by molar-refractivity contribution is -0.0926. The Morgan fingerprint density at radius 2 is 1.83 bits per heavy atom. The molecular formula is C40H49ClN4O7. The number of nitrogens with one attached hydrogen (secondary N) is 1. The Labute approximate surface area is 310 Å². The molecule has 0 radical (unpaired) electrons. The summed E-state index contributed by atoms with van der Waals surface area (Å²) in [7, 11) is 0. The van der Waals surface area contributed by atoms with Crippen molar-refractivity contribution in [2.75, 3.05) is 52.7 Å². The standard InChI is InChI=1S/C40H49ClN4O7/c1-38(2)34(31-8-4-3-5-9-31)10-6-12-40(38,52-15-7-13-45-14-11-33(49)23-45)28-51-37-18-36(50-24-30-16-29(19-42)20-43-21-30)32(17-35(37)41)22-44-39(25-46,26-47)27-48/h3-6,8-10,12,16-18,20-21,33,44,46-49H,7,11,13-15,22-28H2,1-2H3/t33?,40-/m0/s1. The average molecular weight is 733 g/mol. The molecule has 0 saturated carbocycles. The SMILES string of the molecule is CC1(C)C(c2ccccc2)=CC=C[C@@]1(COc1cc(OCc2cncc(C#N)c2)c(CNC(CO)(CO)CO)cc1Cl)OCCCN1CCC(O)C1. The molecule has 1 aromatic heterocycles. The van der Waals surface area contributed by atoms with Gasteiger partial charge in [0.15, 0.2) is 0 Å². The molecule has 11 nitrogen and oxygen atoms in total. The van der Waals surface area contributed by atoms with Gasteiger partial charge in [0.2, 0.25) is 0 Å². The van der Waals surface area contributed by atoms with Gasteiger partial charge in [0, 0.05) is 67.8 Å². The largest absolute Gasteiger partial charge is 0.488 e. The lowest BCUT2D eigenvalue weighted by Gasteiger charge is -2.47. The van der Waals surface area contributed by atoms with Crippen LogP contribution in [-0.4, -0.2) is 100 Å². The van der Waals surface area contributed by atoms with E-state index in [9.17, 15) is 25.7 Å². The van der Waals surface area contributed by atoms with E-state index in [-0.39, 0.29) is 25.9 Å². The van der Waals surface area contributed by atoms with Crippen LogP contribution in [0.25, 0.3) is 5.57 Å². The fourth-order valence-corrected chi connectivity index (χ4v) is 6.85. The first-order chi connectivity index (χ1) is 25.1. The normalized spacial score (nSPS) is 20.0. The third-order valence-corrected chi connectivity index (χ3v) is 10.4. The molecule has 52 heavy (non-hydrogen) atoms. The molecule has 2 atom stereocenters. The molecule has 2 aromatic carbocycles. The quantitative estimate of drug-likeness (QED) is 0.119. The highest BCUT2D eigenvalue weighted by Gasteiger charge is 2.49. The van der Waals surface area contributed by atoms with Crippen molar-refractivity contribution in [2.45, 2.75) is 57.1 Å². The number of hydrogen-bond acceptors (Lipinski definition) is 11. The zero-order chi connectivity index (χ0) is 37.2. The van der Waals surface area contributed by atoms with E-state index in [0.29, 0.717) is 46.4 Å². The summed E-state index contributed by atoms with van der Waals surface area (Å²) in [4.78, 5) is 6.38. The second-order valence-corrected chi connectivity index (χ2v) is 14.4. The Balaban J connectivity index is 1.42. The molecule has 0 bridgehead atoms. The van der Waals surface area contributed by atoms with Crippen LogP contribution in [0.4, 0.5) is 0 Å². The molecule has 0 spiro atoms. The predicted molar refractivity (Wildman–Crippen MR) is 199 cm³/mol. The van der Waals surface area contributed by atoms with E-state index in [1.807, 2.05) is 24.3 Å². The van der Waals surface area contributed by atoms with Crippen LogP contribution in [-0.2, 0) is 17.9 Å². The lowest BCUT2D eigenvalue weighted by atomic mass is 9.65. The van der Waals surface area contributed by atoms with Crippen LogP contribution in [0.2, 0.25) is 5.02 Å². The smallest absolute Gasteiger partial charge is 0.141 e. The molecule has 1 fully saturated rings. The van der Waals surface area contributed by atoms with E-state index in [4.69, 9.17) is 25.8 Å². The van der Waals surface area contributed by atoms with Gasteiger partial charge in [-0.1, -0.05) is 67.9 Å². The van der Waals surface area contributed by atoms with Crippen molar-refractivity contribution in [3.63, 3.8) is 0 Å². The number of β-amino-alcohol motifs (C(OH)–C–C–N with tert-alkyl or cyclic N) is 1. The van der Waals surface area contributed by atoms with Gasteiger partial charge in [0.1, 0.15) is 36.4 Å². The number of rotatable bonds is 18. The van der Waals surface area contributed by atoms with Crippen molar-refractivity contribution in [3.8, 4) is 17.6 Å². The maximum absolute atomic E-state index is 9.98. The van der Waals surface area contributed by atoms with E-state index >= 15 is 0 Å². The molecule has 1 aliphatic heterocycles. The van der Waals surface area contributed by atoms with E-state index < -0.39 is 36.4 Å². The first-order valence-corrected chi connectivity index (χ1v) is 17.9. The number of ether oxygens (including phenoxy) is 3. The molecule has 1 unspecified atom stereocenters. The molecule has 2 aliphatic rings. The Hall–Kier alpha value is -3.83. The minimum absolute atomic E-state index is 0.0871. The average Bonchev–Trinajstić information content (AvgIpc) is 3.59. The molecule has 278 valence electrons. The Morgan fingerprint density at radius 1 is 1.06 bits per heavy atom. The second kappa shape index (κ2) is 17.8. The van der Waals surface area contributed by atoms with Crippen molar-refractivity contribution in [3.05, 3.63) is 106 Å². The van der Waals surface area contributed by atoms with Crippen molar-refractivity contribution < 1.29 is 34.6 Å². The highest BCUT2D eigenvalue weighted by atomic mass is 35.5. The van der Waals surface area contributed by atoms with Gasteiger partial charge >= 0.3 is 0 Å². The van der Waals surface area contributed by atoms with E-state index in [2.05, 4.69) is 59.4 Å². The van der Waals surface area contributed by atoms with Gasteiger partial charge in [-0.15, -0.1) is 0 Å². The monoisotopic (exact) mass is 732 g/mol. The maximum atomic E-state index is 9.98. The summed E-state index contributed by atoms with van der Waals surface area (Å²) in [5, 5.41) is 52.3. The molecule has 0 amide bonds. The summed E-state index contributed by atoms with van der Waals surface area (Å²) in [6.45, 7) is 5.95. The highest BCUT2D eigenvalue weighted by Crippen LogP contribution is 2.49. The van der Waals surface area contributed by atoms with Gasteiger partial charge in [-0.05, 0) is 42.2 Å². The third-order valence-electron chi connectivity index (χ3n) is 10.1. The summed E-state index contributed by atoms with van der Waals surface area (Å²) in [5.41, 5.74) is 1.09. The van der Waals surface area contributed by atoms with Crippen molar-refractivity contribution in [1.29, 1.82) is 5.26 Å². The number of nitrogens with zero attached hydrogens (tertiary/aromatic N) is 3. The molecule has 2 heterocycles. The van der Waals surface area contributed by atoms with Gasteiger partial charge < -0.3 is 44.9 Å². The zero-order valence-corrected chi connectivity index (χ0v) is 30.6.